The van der Waals surface area contributed by atoms with Crippen LogP contribution in [0.25, 0.3) is 0 Å². The molecule has 0 heterocycles. The van der Waals surface area contributed by atoms with E-state index < -0.39 is 0 Å². The summed E-state index contributed by atoms with van der Waals surface area (Å²) in [5.74, 6) is 0.00198. The first-order valence-electron chi connectivity index (χ1n) is 7.15. The van der Waals surface area contributed by atoms with Crippen molar-refractivity contribution < 1.29 is 9.59 Å². The normalized spacial score (nSPS) is 17.1. The van der Waals surface area contributed by atoms with E-state index in [2.05, 4.69) is 6.92 Å². The van der Waals surface area contributed by atoms with Crippen molar-refractivity contribution in [2.75, 3.05) is 0 Å². The first-order chi connectivity index (χ1) is 9.00. The molecule has 104 valence electrons. The van der Waals surface area contributed by atoms with Gasteiger partial charge in [0.05, 0.1) is 0 Å². The monoisotopic (exact) mass is 260 g/mol. The molecule has 0 unspecified atom stereocenters. The van der Waals surface area contributed by atoms with Crippen LogP contribution >= 0.6 is 0 Å². The first-order valence-corrected chi connectivity index (χ1v) is 7.15. The van der Waals surface area contributed by atoms with Crippen molar-refractivity contribution in [2.24, 2.45) is 0 Å². The Balaban J connectivity index is 2.70. The Morgan fingerprint density at radius 3 is 2.11 bits per heavy atom. The van der Waals surface area contributed by atoms with Gasteiger partial charge >= 0.3 is 0 Å². The molecule has 0 aliphatic heterocycles. The smallest absolute Gasteiger partial charge is 0.189 e. The summed E-state index contributed by atoms with van der Waals surface area (Å²) in [5.41, 5.74) is 2.32. The molecule has 0 spiro atoms. The van der Waals surface area contributed by atoms with Crippen molar-refractivity contribution in [3.05, 3.63) is 34.4 Å². The van der Waals surface area contributed by atoms with Crippen LogP contribution in [0.1, 0.15) is 59.8 Å². The zero-order chi connectivity index (χ0) is 14.4. The summed E-state index contributed by atoms with van der Waals surface area (Å²) in [6.07, 6.45) is 9.68. The number of allylic oxidation sites excluding steroid dienone is 6. The van der Waals surface area contributed by atoms with Gasteiger partial charge in [0.1, 0.15) is 0 Å². The summed E-state index contributed by atoms with van der Waals surface area (Å²) in [6, 6.07) is 0. The molecule has 0 aromatic heterocycles. The third kappa shape index (κ3) is 3.76. The Kier molecular flexibility index (Phi) is 5.94. The van der Waals surface area contributed by atoms with Gasteiger partial charge in [-0.05, 0) is 33.6 Å². The van der Waals surface area contributed by atoms with Crippen LogP contribution in [0.15, 0.2) is 34.4 Å². The molecular weight excluding hydrogens is 236 g/mol. The lowest BCUT2D eigenvalue weighted by Crippen LogP contribution is -2.19. The molecule has 0 bridgehead atoms. The molecule has 2 heteroatoms. The SMILES string of the molecule is CCCCCC/C=C\C1=C(C)C(=O)C(C)=C(C)C1=O. The molecule has 2 nitrogen and oxygen atoms in total. The van der Waals surface area contributed by atoms with E-state index in [-0.39, 0.29) is 11.6 Å². The number of unbranched alkanes of at least 4 members (excludes halogenated alkanes) is 4. The van der Waals surface area contributed by atoms with Crippen LogP contribution < -0.4 is 0 Å². The highest BCUT2D eigenvalue weighted by Gasteiger charge is 2.25. The predicted octanol–water partition coefficient (Wildman–Crippen LogP) is 4.32. The summed E-state index contributed by atoms with van der Waals surface area (Å²) >= 11 is 0. The number of rotatable bonds is 6. The lowest BCUT2D eigenvalue weighted by Gasteiger charge is -2.16. The summed E-state index contributed by atoms with van der Waals surface area (Å²) < 4.78 is 0. The lowest BCUT2D eigenvalue weighted by atomic mass is 9.86. The van der Waals surface area contributed by atoms with Crippen LogP contribution in [-0.2, 0) is 9.59 Å². The van der Waals surface area contributed by atoms with Gasteiger partial charge < -0.3 is 0 Å². The maximum Gasteiger partial charge on any atom is 0.189 e. The zero-order valence-corrected chi connectivity index (χ0v) is 12.5. The Hall–Kier alpha value is -1.44. The molecule has 19 heavy (non-hydrogen) atoms. The first kappa shape index (κ1) is 15.6. The molecular formula is C17H24O2. The fourth-order valence-corrected chi connectivity index (χ4v) is 2.21. The van der Waals surface area contributed by atoms with Crippen LogP contribution in [0.5, 0.6) is 0 Å². The van der Waals surface area contributed by atoms with Gasteiger partial charge in [0.15, 0.2) is 11.6 Å². The van der Waals surface area contributed by atoms with Gasteiger partial charge in [0, 0.05) is 22.3 Å². The third-order valence-electron chi connectivity index (χ3n) is 3.74. The molecule has 1 aliphatic carbocycles. The molecule has 0 aromatic rings. The third-order valence-corrected chi connectivity index (χ3v) is 3.74. The highest BCUT2D eigenvalue weighted by molar-refractivity contribution is 6.25. The lowest BCUT2D eigenvalue weighted by molar-refractivity contribution is -0.116. The zero-order valence-electron chi connectivity index (χ0n) is 12.5. The molecule has 0 fully saturated rings. The van der Waals surface area contributed by atoms with Crippen molar-refractivity contribution in [3.63, 3.8) is 0 Å². The second kappa shape index (κ2) is 7.22. The molecule has 0 N–H and O–H groups in total. The Morgan fingerprint density at radius 1 is 0.842 bits per heavy atom. The van der Waals surface area contributed by atoms with Crippen LogP contribution in [0.3, 0.4) is 0 Å². The van der Waals surface area contributed by atoms with Gasteiger partial charge in [0.2, 0.25) is 0 Å². The van der Waals surface area contributed by atoms with E-state index in [1.165, 1.54) is 19.3 Å². The molecule has 0 radical (unpaired) electrons. The van der Waals surface area contributed by atoms with Gasteiger partial charge in [-0.25, -0.2) is 0 Å². The second-order valence-electron chi connectivity index (χ2n) is 5.20. The molecule has 1 aliphatic rings. The summed E-state index contributed by atoms with van der Waals surface area (Å²) in [4.78, 5) is 24.1. The summed E-state index contributed by atoms with van der Waals surface area (Å²) in [6.45, 7) is 7.39. The number of hydrogen-bond acceptors (Lipinski definition) is 2. The average molecular weight is 260 g/mol. The Morgan fingerprint density at radius 2 is 1.47 bits per heavy atom. The fourth-order valence-electron chi connectivity index (χ4n) is 2.21. The minimum atomic E-state index is -0.000548. The van der Waals surface area contributed by atoms with Crippen molar-refractivity contribution in [1.82, 2.24) is 0 Å². The van der Waals surface area contributed by atoms with E-state index in [4.69, 9.17) is 0 Å². The quantitative estimate of drug-likeness (QED) is 0.526. The van der Waals surface area contributed by atoms with Crippen molar-refractivity contribution in [1.29, 1.82) is 0 Å². The maximum absolute atomic E-state index is 12.1. The van der Waals surface area contributed by atoms with E-state index in [1.54, 1.807) is 20.8 Å². The van der Waals surface area contributed by atoms with E-state index in [0.29, 0.717) is 22.3 Å². The Labute approximate surface area is 116 Å². The summed E-state index contributed by atoms with van der Waals surface area (Å²) in [7, 11) is 0. The number of carbonyl (C=O) groups excluding carboxylic acids is 2. The Bertz CT molecular complexity index is 462. The number of hydrogen-bond donors (Lipinski definition) is 0. The van der Waals surface area contributed by atoms with Crippen LogP contribution in [-0.4, -0.2) is 11.6 Å². The summed E-state index contributed by atoms with van der Waals surface area (Å²) in [5, 5.41) is 0. The number of carbonyl (C=O) groups is 2. The topological polar surface area (TPSA) is 34.1 Å². The highest BCUT2D eigenvalue weighted by Crippen LogP contribution is 2.25. The molecule has 0 amide bonds. The van der Waals surface area contributed by atoms with Gasteiger partial charge in [-0.3, -0.25) is 9.59 Å². The molecule has 0 saturated heterocycles. The van der Waals surface area contributed by atoms with Gasteiger partial charge in [-0.1, -0.05) is 38.3 Å². The van der Waals surface area contributed by atoms with Crippen molar-refractivity contribution >= 4 is 11.6 Å². The number of ketones is 2. The van der Waals surface area contributed by atoms with E-state index in [9.17, 15) is 9.59 Å². The van der Waals surface area contributed by atoms with Crippen LogP contribution in [0.2, 0.25) is 0 Å². The van der Waals surface area contributed by atoms with Crippen LogP contribution in [0.4, 0.5) is 0 Å². The van der Waals surface area contributed by atoms with E-state index in [0.717, 1.165) is 12.8 Å². The average Bonchev–Trinajstić information content (AvgIpc) is 2.41. The van der Waals surface area contributed by atoms with E-state index in [1.807, 2.05) is 12.2 Å². The molecule has 0 aromatic carbocycles. The van der Waals surface area contributed by atoms with Gasteiger partial charge in [-0.2, -0.15) is 0 Å². The van der Waals surface area contributed by atoms with Crippen molar-refractivity contribution in [2.45, 2.75) is 59.8 Å². The largest absolute Gasteiger partial charge is 0.289 e. The van der Waals surface area contributed by atoms with Crippen LogP contribution in [0, 0.1) is 0 Å². The fraction of sp³-hybridized carbons (Fsp3) is 0.529. The standard InChI is InChI=1S/C17H24O2/c1-5-6-7-8-9-10-11-15-14(4)16(18)12(2)13(3)17(15)19/h10-11H,5-9H2,1-4H3/b11-10-. The van der Waals surface area contributed by atoms with Crippen molar-refractivity contribution in [3.8, 4) is 0 Å². The minimum absolute atomic E-state index is 0.000548. The van der Waals surface area contributed by atoms with Gasteiger partial charge in [-0.15, -0.1) is 0 Å². The second-order valence-corrected chi connectivity index (χ2v) is 5.20. The predicted molar refractivity (Wildman–Crippen MR) is 79.0 cm³/mol. The van der Waals surface area contributed by atoms with E-state index >= 15 is 0 Å². The van der Waals surface area contributed by atoms with Gasteiger partial charge in [0.25, 0.3) is 0 Å². The number of Topliss-reactive ketones (excluding diaryl/α,β-unsaturated/α-hetero) is 2. The molecule has 0 saturated carbocycles. The highest BCUT2D eigenvalue weighted by atomic mass is 16.1. The minimum Gasteiger partial charge on any atom is -0.289 e. The molecule has 1 rings (SSSR count). The molecule has 0 atom stereocenters. The maximum atomic E-state index is 12.1.